The standard InChI is InChI=1S/C13H18ClN.ClH/c1-13(7-4-8-13)10-15-9-11-5-2-3-6-12(11)14;/h2-3,5-6,15H,4,7-10H2,1H3;1H. The van der Waals surface area contributed by atoms with Crippen LogP contribution in [0.4, 0.5) is 0 Å². The fourth-order valence-corrected chi connectivity index (χ4v) is 2.30. The van der Waals surface area contributed by atoms with E-state index in [1.807, 2.05) is 18.2 Å². The Morgan fingerprint density at radius 2 is 2.00 bits per heavy atom. The Morgan fingerprint density at radius 3 is 2.56 bits per heavy atom. The molecule has 1 nitrogen and oxygen atoms in total. The number of halogens is 2. The van der Waals surface area contributed by atoms with Crippen LogP contribution in [0.3, 0.4) is 0 Å². The lowest BCUT2D eigenvalue weighted by Gasteiger charge is -2.38. The summed E-state index contributed by atoms with van der Waals surface area (Å²) in [6.07, 6.45) is 4.12. The molecule has 1 saturated carbocycles. The maximum Gasteiger partial charge on any atom is 0.0450 e. The minimum Gasteiger partial charge on any atom is -0.312 e. The van der Waals surface area contributed by atoms with E-state index in [4.69, 9.17) is 11.6 Å². The van der Waals surface area contributed by atoms with Crippen LogP contribution in [0.2, 0.25) is 5.02 Å². The molecule has 0 saturated heterocycles. The van der Waals surface area contributed by atoms with Crippen LogP contribution in [0.1, 0.15) is 31.7 Å². The van der Waals surface area contributed by atoms with Crippen LogP contribution in [-0.4, -0.2) is 6.54 Å². The number of hydrogen-bond acceptors (Lipinski definition) is 1. The molecule has 0 radical (unpaired) electrons. The summed E-state index contributed by atoms with van der Waals surface area (Å²) in [6, 6.07) is 8.04. The monoisotopic (exact) mass is 259 g/mol. The molecular formula is C13H19Cl2N. The molecule has 0 unspecified atom stereocenters. The van der Waals surface area contributed by atoms with Crippen molar-refractivity contribution in [2.75, 3.05) is 6.54 Å². The summed E-state index contributed by atoms with van der Waals surface area (Å²) < 4.78 is 0. The van der Waals surface area contributed by atoms with Gasteiger partial charge in [0.15, 0.2) is 0 Å². The first kappa shape index (κ1) is 13.8. The molecule has 1 N–H and O–H groups in total. The Labute approximate surface area is 109 Å². The van der Waals surface area contributed by atoms with Crippen LogP contribution in [0.15, 0.2) is 24.3 Å². The quantitative estimate of drug-likeness (QED) is 0.861. The van der Waals surface area contributed by atoms with Crippen LogP contribution >= 0.6 is 24.0 Å². The summed E-state index contributed by atoms with van der Waals surface area (Å²) in [7, 11) is 0. The normalized spacial score (nSPS) is 17.4. The van der Waals surface area contributed by atoms with Crippen molar-refractivity contribution in [2.45, 2.75) is 32.7 Å². The van der Waals surface area contributed by atoms with Crippen molar-refractivity contribution in [3.63, 3.8) is 0 Å². The van der Waals surface area contributed by atoms with E-state index < -0.39 is 0 Å². The Morgan fingerprint density at radius 1 is 1.31 bits per heavy atom. The summed E-state index contributed by atoms with van der Waals surface area (Å²) in [5.41, 5.74) is 1.74. The zero-order chi connectivity index (χ0) is 10.7. The van der Waals surface area contributed by atoms with Crippen molar-refractivity contribution in [3.05, 3.63) is 34.9 Å². The molecular weight excluding hydrogens is 241 g/mol. The highest BCUT2D eigenvalue weighted by atomic mass is 35.5. The van der Waals surface area contributed by atoms with E-state index in [1.54, 1.807) is 0 Å². The largest absolute Gasteiger partial charge is 0.312 e. The highest BCUT2D eigenvalue weighted by molar-refractivity contribution is 6.31. The Hall–Kier alpha value is -0.240. The Bertz CT molecular complexity index is 334. The molecule has 1 aliphatic rings. The molecule has 90 valence electrons. The van der Waals surface area contributed by atoms with Crippen LogP contribution in [0.25, 0.3) is 0 Å². The van der Waals surface area contributed by atoms with Gasteiger partial charge in [-0.1, -0.05) is 43.1 Å². The molecule has 0 aromatic heterocycles. The van der Waals surface area contributed by atoms with E-state index in [1.165, 1.54) is 24.8 Å². The SMILES string of the molecule is CC1(CNCc2ccccc2Cl)CCC1.Cl. The summed E-state index contributed by atoms with van der Waals surface area (Å²) in [5, 5.41) is 4.37. The van der Waals surface area contributed by atoms with Gasteiger partial charge >= 0.3 is 0 Å². The van der Waals surface area contributed by atoms with E-state index in [-0.39, 0.29) is 12.4 Å². The van der Waals surface area contributed by atoms with E-state index in [9.17, 15) is 0 Å². The van der Waals surface area contributed by atoms with E-state index in [2.05, 4.69) is 18.3 Å². The highest BCUT2D eigenvalue weighted by Crippen LogP contribution is 2.39. The fraction of sp³-hybridized carbons (Fsp3) is 0.538. The number of rotatable bonds is 4. The van der Waals surface area contributed by atoms with Gasteiger partial charge in [0, 0.05) is 18.1 Å². The maximum absolute atomic E-state index is 6.08. The first-order chi connectivity index (χ1) is 7.20. The third-order valence-electron chi connectivity index (χ3n) is 3.39. The Balaban J connectivity index is 0.00000128. The van der Waals surface area contributed by atoms with Crippen molar-refractivity contribution >= 4 is 24.0 Å². The lowest BCUT2D eigenvalue weighted by Crippen LogP contribution is -2.37. The molecule has 0 heterocycles. The second-order valence-corrected chi connectivity index (χ2v) is 5.27. The van der Waals surface area contributed by atoms with Crippen molar-refractivity contribution in [1.82, 2.24) is 5.32 Å². The molecule has 0 bridgehead atoms. The lowest BCUT2D eigenvalue weighted by molar-refractivity contribution is 0.156. The minimum absolute atomic E-state index is 0. The molecule has 0 spiro atoms. The van der Waals surface area contributed by atoms with E-state index >= 15 is 0 Å². The molecule has 1 aromatic carbocycles. The molecule has 1 fully saturated rings. The molecule has 0 amide bonds. The Kier molecular flexibility index (Phi) is 5.10. The van der Waals surface area contributed by atoms with Gasteiger partial charge in [0.25, 0.3) is 0 Å². The summed E-state index contributed by atoms with van der Waals surface area (Å²) in [5.74, 6) is 0. The summed E-state index contributed by atoms with van der Waals surface area (Å²) >= 11 is 6.08. The predicted molar refractivity (Wildman–Crippen MR) is 72.4 cm³/mol. The summed E-state index contributed by atoms with van der Waals surface area (Å²) in [6.45, 7) is 4.35. The van der Waals surface area contributed by atoms with Crippen LogP contribution in [0, 0.1) is 5.41 Å². The van der Waals surface area contributed by atoms with Crippen molar-refractivity contribution in [3.8, 4) is 0 Å². The average molecular weight is 260 g/mol. The first-order valence-corrected chi connectivity index (χ1v) is 6.02. The van der Waals surface area contributed by atoms with Gasteiger partial charge in [-0.05, 0) is 29.9 Å². The molecule has 16 heavy (non-hydrogen) atoms. The van der Waals surface area contributed by atoms with Crippen molar-refractivity contribution in [2.24, 2.45) is 5.41 Å². The second kappa shape index (κ2) is 5.90. The van der Waals surface area contributed by atoms with Crippen molar-refractivity contribution in [1.29, 1.82) is 0 Å². The number of nitrogens with one attached hydrogen (secondary N) is 1. The predicted octanol–water partition coefficient (Wildman–Crippen LogP) is 4.04. The van der Waals surface area contributed by atoms with Crippen LogP contribution < -0.4 is 5.32 Å². The van der Waals surface area contributed by atoms with E-state index in [0.29, 0.717) is 5.41 Å². The van der Waals surface area contributed by atoms with Crippen molar-refractivity contribution < 1.29 is 0 Å². The minimum atomic E-state index is 0. The topological polar surface area (TPSA) is 12.0 Å². The van der Waals surface area contributed by atoms with Gasteiger partial charge in [0.2, 0.25) is 0 Å². The van der Waals surface area contributed by atoms with Gasteiger partial charge in [-0.25, -0.2) is 0 Å². The van der Waals surface area contributed by atoms with Gasteiger partial charge in [-0.3, -0.25) is 0 Å². The van der Waals surface area contributed by atoms with Gasteiger partial charge in [-0.2, -0.15) is 0 Å². The average Bonchev–Trinajstić information content (AvgIpc) is 2.18. The zero-order valence-electron chi connectivity index (χ0n) is 9.63. The molecule has 0 aliphatic heterocycles. The zero-order valence-corrected chi connectivity index (χ0v) is 11.2. The highest BCUT2D eigenvalue weighted by Gasteiger charge is 2.30. The van der Waals surface area contributed by atoms with Crippen LogP contribution in [0.5, 0.6) is 0 Å². The lowest BCUT2D eigenvalue weighted by atomic mass is 9.70. The molecule has 3 heteroatoms. The summed E-state index contributed by atoms with van der Waals surface area (Å²) in [4.78, 5) is 0. The third kappa shape index (κ3) is 3.38. The van der Waals surface area contributed by atoms with E-state index in [0.717, 1.165) is 18.1 Å². The second-order valence-electron chi connectivity index (χ2n) is 4.86. The third-order valence-corrected chi connectivity index (χ3v) is 3.75. The molecule has 1 aromatic rings. The fourth-order valence-electron chi connectivity index (χ4n) is 2.10. The first-order valence-electron chi connectivity index (χ1n) is 5.64. The van der Waals surface area contributed by atoms with Gasteiger partial charge < -0.3 is 5.32 Å². The van der Waals surface area contributed by atoms with Gasteiger partial charge in [-0.15, -0.1) is 12.4 Å². The number of hydrogen-bond donors (Lipinski definition) is 1. The smallest absolute Gasteiger partial charge is 0.0450 e. The molecule has 1 aliphatic carbocycles. The van der Waals surface area contributed by atoms with Gasteiger partial charge in [0.05, 0.1) is 0 Å². The van der Waals surface area contributed by atoms with Gasteiger partial charge in [0.1, 0.15) is 0 Å². The molecule has 2 rings (SSSR count). The van der Waals surface area contributed by atoms with Crippen LogP contribution in [-0.2, 0) is 6.54 Å². The maximum atomic E-state index is 6.08. The number of benzene rings is 1. The molecule has 0 atom stereocenters.